The summed E-state index contributed by atoms with van der Waals surface area (Å²) in [5.74, 6) is -1.08. The van der Waals surface area contributed by atoms with Crippen LogP contribution in [0, 0.1) is 0 Å². The number of hydrogen-bond donors (Lipinski definition) is 0. The molecule has 0 spiro atoms. The van der Waals surface area contributed by atoms with Crippen molar-refractivity contribution >= 4 is 5.97 Å². The molecule has 0 aliphatic carbocycles. The van der Waals surface area contributed by atoms with E-state index in [1.807, 2.05) is 0 Å². The average molecular weight is 273 g/mol. The molecule has 0 N–H and O–H groups in total. The number of rotatable bonds is 1. The Hall–Kier alpha value is 0.832. The Kier molecular flexibility index (Phi) is 22.7. The monoisotopic (exact) mass is 272 g/mol. The minimum absolute atomic E-state index is 0. The van der Waals surface area contributed by atoms with E-state index in [4.69, 9.17) is 4.74 Å². The molecule has 0 aromatic carbocycles. The number of carbonyl (C=O) groups excluding carboxylic acids is 1. The second-order valence-electron chi connectivity index (χ2n) is 1.82. The molecule has 0 amide bonds. The normalized spacial score (nSPS) is 18.8. The molecule has 7 heteroatoms. The van der Waals surface area contributed by atoms with Crippen molar-refractivity contribution in [3.63, 3.8) is 0 Å². The maximum atomic E-state index is 9.97. The summed E-state index contributed by atoms with van der Waals surface area (Å²) in [5, 5.41) is 9.97. The van der Waals surface area contributed by atoms with Crippen molar-refractivity contribution < 1.29 is 69.2 Å². The van der Waals surface area contributed by atoms with E-state index in [1.165, 1.54) is 0 Å². The first-order valence-electron chi connectivity index (χ1n) is 2.63. The summed E-state index contributed by atoms with van der Waals surface area (Å²) in [6.07, 6.45) is 0.830. The minimum atomic E-state index is -1.08. The van der Waals surface area contributed by atoms with Gasteiger partial charge in [0.15, 0.2) is 0 Å². The Morgan fingerprint density at radius 2 is 1.83 bits per heavy atom. The Labute approximate surface area is 101 Å². The summed E-state index contributed by atoms with van der Waals surface area (Å²) in [7, 11) is 0. The van der Waals surface area contributed by atoms with Gasteiger partial charge in [-0.1, -0.05) is 0 Å². The standard InChI is InChI=1S/C5H8O3.3ClH.Cr/c6-5(7)4-2-1-3-8-4;;;;/h4H,1-3H2,(H,6,7);3*1H;/q;;;;+4/p-4. The predicted octanol–water partition coefficient (Wildman–Crippen LogP) is -10.1. The van der Waals surface area contributed by atoms with Gasteiger partial charge in [0.05, 0.1) is 12.1 Å². The molecule has 0 saturated carbocycles. The van der Waals surface area contributed by atoms with Gasteiger partial charge in [-0.15, -0.1) is 0 Å². The van der Waals surface area contributed by atoms with Crippen LogP contribution in [-0.4, -0.2) is 18.7 Å². The summed E-state index contributed by atoms with van der Waals surface area (Å²) in [4.78, 5) is 9.97. The third-order valence-electron chi connectivity index (χ3n) is 1.19. The van der Waals surface area contributed by atoms with Gasteiger partial charge in [-0.2, -0.15) is 0 Å². The van der Waals surface area contributed by atoms with E-state index in [0.29, 0.717) is 13.0 Å². The summed E-state index contributed by atoms with van der Waals surface area (Å²) >= 11 is 0. The van der Waals surface area contributed by atoms with Gasteiger partial charge >= 0.3 is 17.4 Å². The number of carbonyl (C=O) groups is 1. The molecule has 0 bridgehead atoms. The van der Waals surface area contributed by atoms with Crippen molar-refractivity contribution in [2.24, 2.45) is 0 Å². The summed E-state index contributed by atoms with van der Waals surface area (Å²) in [5.41, 5.74) is 0. The van der Waals surface area contributed by atoms with E-state index >= 15 is 0 Å². The maximum Gasteiger partial charge on any atom is 4.00 e. The Morgan fingerprint density at radius 3 is 2.00 bits per heavy atom. The summed E-state index contributed by atoms with van der Waals surface area (Å²) in [6, 6.07) is 0. The Balaban J connectivity index is -0.0000000800. The van der Waals surface area contributed by atoms with Crippen LogP contribution >= 0.6 is 0 Å². The number of carboxylic acid groups (broad SMARTS) is 1. The van der Waals surface area contributed by atoms with Gasteiger partial charge in [0.25, 0.3) is 0 Å². The Morgan fingerprint density at radius 1 is 1.33 bits per heavy atom. The second kappa shape index (κ2) is 11.8. The van der Waals surface area contributed by atoms with Crippen LogP contribution in [0.25, 0.3) is 0 Å². The minimum Gasteiger partial charge on any atom is -1.00 e. The number of ether oxygens (including phenoxy) is 1. The van der Waals surface area contributed by atoms with Gasteiger partial charge in [-0.25, -0.2) is 0 Å². The number of aliphatic carboxylic acids is 1. The number of carboxylic acids is 1. The largest absolute Gasteiger partial charge is 4.00 e. The van der Waals surface area contributed by atoms with Crippen LogP contribution in [-0.2, 0) is 26.9 Å². The van der Waals surface area contributed by atoms with Crippen LogP contribution in [0.4, 0.5) is 0 Å². The smallest absolute Gasteiger partial charge is 1.00 e. The van der Waals surface area contributed by atoms with Crippen molar-refractivity contribution in [2.45, 2.75) is 18.9 Å². The maximum absolute atomic E-state index is 9.97. The van der Waals surface area contributed by atoms with E-state index in [-0.39, 0.29) is 54.6 Å². The van der Waals surface area contributed by atoms with E-state index in [2.05, 4.69) is 0 Å². The summed E-state index contributed by atoms with van der Waals surface area (Å²) < 4.78 is 4.75. The zero-order valence-electron chi connectivity index (χ0n) is 5.97. The van der Waals surface area contributed by atoms with Crippen molar-refractivity contribution in [3.05, 3.63) is 0 Å². The first-order valence-corrected chi connectivity index (χ1v) is 2.63. The second-order valence-corrected chi connectivity index (χ2v) is 1.82. The van der Waals surface area contributed by atoms with Gasteiger partial charge in [0.1, 0.15) is 0 Å². The van der Waals surface area contributed by atoms with Crippen LogP contribution in [0.15, 0.2) is 0 Å². The zero-order chi connectivity index (χ0) is 5.98. The first kappa shape index (κ1) is 23.0. The van der Waals surface area contributed by atoms with E-state index in [0.717, 1.165) is 6.42 Å². The van der Waals surface area contributed by atoms with E-state index in [1.54, 1.807) is 0 Å². The molecule has 0 aromatic rings. The van der Waals surface area contributed by atoms with Gasteiger partial charge < -0.3 is 51.9 Å². The van der Waals surface area contributed by atoms with Gasteiger partial charge in [-0.05, 0) is 12.8 Å². The van der Waals surface area contributed by atoms with Gasteiger partial charge in [-0.3, -0.25) is 0 Å². The fraction of sp³-hybridized carbons (Fsp3) is 0.800. The van der Waals surface area contributed by atoms with Gasteiger partial charge in [0.2, 0.25) is 0 Å². The fourth-order valence-corrected chi connectivity index (χ4v) is 0.764. The molecule has 1 atom stereocenters. The fourth-order valence-electron chi connectivity index (χ4n) is 0.764. The molecule has 3 nitrogen and oxygen atoms in total. The molecule has 0 radical (unpaired) electrons. The molecule has 1 saturated heterocycles. The molecular weight excluding hydrogens is 266 g/mol. The molecule has 12 heavy (non-hydrogen) atoms. The number of hydrogen-bond acceptors (Lipinski definition) is 3. The molecule has 1 heterocycles. The van der Waals surface area contributed by atoms with E-state index in [9.17, 15) is 9.90 Å². The topological polar surface area (TPSA) is 49.4 Å². The molecular formula is C5H7Cl3CrO3. The molecule has 0 aromatic heterocycles. The molecule has 1 unspecified atom stereocenters. The van der Waals surface area contributed by atoms with Crippen molar-refractivity contribution in [2.75, 3.05) is 6.61 Å². The molecule has 72 valence electrons. The van der Waals surface area contributed by atoms with Crippen LogP contribution in [0.1, 0.15) is 12.8 Å². The molecule has 1 aliphatic rings. The van der Waals surface area contributed by atoms with Crippen LogP contribution in [0.5, 0.6) is 0 Å². The SMILES string of the molecule is O=C([O-])C1CCCO1.[Cl-].[Cl-].[Cl-].[Cr+4]. The van der Waals surface area contributed by atoms with Crippen molar-refractivity contribution in [1.29, 1.82) is 0 Å². The average Bonchev–Trinajstić information content (AvgIpc) is 2.12. The van der Waals surface area contributed by atoms with Gasteiger partial charge in [0, 0.05) is 6.61 Å². The van der Waals surface area contributed by atoms with E-state index < -0.39 is 12.1 Å². The predicted molar refractivity (Wildman–Crippen MR) is 24.0 cm³/mol. The first-order chi connectivity index (χ1) is 3.80. The van der Waals surface area contributed by atoms with Crippen LogP contribution in [0.3, 0.4) is 0 Å². The van der Waals surface area contributed by atoms with Crippen molar-refractivity contribution in [3.8, 4) is 0 Å². The quantitative estimate of drug-likeness (QED) is 0.477. The zero-order valence-corrected chi connectivity index (χ0v) is 9.51. The Bertz CT molecular complexity index is 108. The van der Waals surface area contributed by atoms with Crippen molar-refractivity contribution in [1.82, 2.24) is 0 Å². The van der Waals surface area contributed by atoms with Crippen LogP contribution in [0.2, 0.25) is 0 Å². The molecule has 1 aliphatic heterocycles. The third kappa shape index (κ3) is 7.48. The van der Waals surface area contributed by atoms with Crippen LogP contribution < -0.4 is 42.3 Å². The molecule has 1 rings (SSSR count). The summed E-state index contributed by atoms with van der Waals surface area (Å²) in [6.45, 7) is 0.568. The molecule has 1 fully saturated rings. The number of halogens is 3. The third-order valence-corrected chi connectivity index (χ3v) is 1.19.